The second-order valence-corrected chi connectivity index (χ2v) is 9.52. The second kappa shape index (κ2) is 10.1. The zero-order chi connectivity index (χ0) is 24.2. The molecule has 0 atom stereocenters. The van der Waals surface area contributed by atoms with E-state index in [1.807, 2.05) is 66.9 Å². The van der Waals surface area contributed by atoms with Gasteiger partial charge in [0.15, 0.2) is 0 Å². The smallest absolute Gasteiger partial charge is 0.309 e. The number of benzene rings is 2. The van der Waals surface area contributed by atoms with E-state index in [0.717, 1.165) is 34.5 Å². The van der Waals surface area contributed by atoms with Crippen molar-refractivity contribution in [1.29, 1.82) is 0 Å². The molecule has 0 fully saturated rings. The van der Waals surface area contributed by atoms with E-state index in [9.17, 15) is 9.59 Å². The molecule has 0 saturated heterocycles. The van der Waals surface area contributed by atoms with Gasteiger partial charge in [0, 0.05) is 12.6 Å². The third kappa shape index (κ3) is 5.26. The molecule has 0 aliphatic rings. The van der Waals surface area contributed by atoms with Crippen molar-refractivity contribution in [3.63, 3.8) is 0 Å². The number of aryl methyl sites for hydroxylation is 1. The molecular weight excluding hydrogens is 446 g/mol. The van der Waals surface area contributed by atoms with Crippen molar-refractivity contribution in [2.45, 2.75) is 34.1 Å². The number of hydrogen-bond donors (Lipinski definition) is 1. The summed E-state index contributed by atoms with van der Waals surface area (Å²) < 4.78 is 7.41. The zero-order valence-electron chi connectivity index (χ0n) is 19.7. The number of esters is 1. The van der Waals surface area contributed by atoms with E-state index in [1.165, 1.54) is 18.3 Å². The first-order chi connectivity index (χ1) is 16.3. The largest absolute Gasteiger partial charge is 0.407 e. The van der Waals surface area contributed by atoms with Crippen molar-refractivity contribution >= 4 is 28.9 Å². The van der Waals surface area contributed by atoms with Crippen molar-refractivity contribution in [3.8, 4) is 22.7 Å². The van der Waals surface area contributed by atoms with Gasteiger partial charge in [0.05, 0.1) is 21.8 Å². The Labute approximate surface area is 203 Å². The van der Waals surface area contributed by atoms with Gasteiger partial charge in [-0.2, -0.15) is 9.78 Å². The highest BCUT2D eigenvalue weighted by Gasteiger charge is 2.24. The molecular formula is C27H27N3O3S. The summed E-state index contributed by atoms with van der Waals surface area (Å²) in [5.41, 5.74) is 5.13. The summed E-state index contributed by atoms with van der Waals surface area (Å²) in [6.45, 7) is 7.67. The average Bonchev–Trinajstić information content (AvgIpc) is 3.43. The summed E-state index contributed by atoms with van der Waals surface area (Å²) in [6, 6.07) is 19.1. The van der Waals surface area contributed by atoms with Crippen LogP contribution in [0.25, 0.3) is 16.8 Å². The minimum atomic E-state index is -0.412. The lowest BCUT2D eigenvalue weighted by Gasteiger charge is -2.11. The highest BCUT2D eigenvalue weighted by molar-refractivity contribution is 7.12. The highest BCUT2D eigenvalue weighted by Crippen LogP contribution is 2.37. The molecule has 0 bridgehead atoms. The fourth-order valence-corrected chi connectivity index (χ4v) is 4.30. The topological polar surface area (TPSA) is 73.2 Å². The summed E-state index contributed by atoms with van der Waals surface area (Å²) in [5, 5.41) is 9.65. The number of hydrogen-bond acceptors (Lipinski definition) is 5. The second-order valence-electron chi connectivity index (χ2n) is 8.57. The molecule has 2 heterocycles. The van der Waals surface area contributed by atoms with Crippen molar-refractivity contribution in [2.24, 2.45) is 5.92 Å². The molecule has 1 amide bonds. The first kappa shape index (κ1) is 23.4. The molecule has 4 rings (SSSR count). The highest BCUT2D eigenvalue weighted by atomic mass is 32.1. The minimum absolute atomic E-state index is 0.143. The minimum Gasteiger partial charge on any atom is -0.407 e. The predicted octanol–water partition coefficient (Wildman–Crippen LogP) is 6.29. The normalized spacial score (nSPS) is 11.0. The van der Waals surface area contributed by atoms with Crippen molar-refractivity contribution < 1.29 is 14.3 Å². The molecule has 2 aromatic carbocycles. The quantitative estimate of drug-likeness (QED) is 0.320. The number of rotatable bonds is 7. The first-order valence-corrected chi connectivity index (χ1v) is 12.0. The van der Waals surface area contributed by atoms with Crippen LogP contribution < -0.4 is 10.1 Å². The van der Waals surface area contributed by atoms with E-state index in [4.69, 9.17) is 9.84 Å². The summed E-state index contributed by atoms with van der Waals surface area (Å²) in [6.07, 6.45) is 0.722. The van der Waals surface area contributed by atoms with Gasteiger partial charge >= 0.3 is 5.97 Å². The number of thiophene rings is 1. The van der Waals surface area contributed by atoms with Crippen molar-refractivity contribution in [2.75, 3.05) is 5.32 Å². The summed E-state index contributed by atoms with van der Waals surface area (Å²) in [4.78, 5) is 25.1. The summed E-state index contributed by atoms with van der Waals surface area (Å²) in [5.74, 6) is 0.193. The van der Waals surface area contributed by atoms with Crippen LogP contribution in [-0.4, -0.2) is 21.7 Å². The molecule has 0 radical (unpaired) electrons. The lowest BCUT2D eigenvalue weighted by Crippen LogP contribution is -2.10. The van der Waals surface area contributed by atoms with E-state index >= 15 is 0 Å². The Kier molecular flexibility index (Phi) is 6.93. The first-order valence-electron chi connectivity index (χ1n) is 11.1. The van der Waals surface area contributed by atoms with E-state index in [2.05, 4.69) is 19.2 Å². The van der Waals surface area contributed by atoms with Crippen molar-refractivity contribution in [3.05, 3.63) is 82.2 Å². The molecule has 0 saturated carbocycles. The van der Waals surface area contributed by atoms with Crippen LogP contribution in [0.2, 0.25) is 0 Å². The fourth-order valence-electron chi connectivity index (χ4n) is 3.68. The molecule has 174 valence electrons. The standard InChI is InChI=1S/C27H27N3O3S/c1-17(2)16-23-25(20-9-11-21(12-10-20)28-26(32)24-6-5-15-34-24)27(33-19(4)31)30(29-23)22-13-7-18(3)8-14-22/h5-15,17H,16H2,1-4H3,(H,28,32). The number of aromatic nitrogens is 2. The number of amides is 1. The molecule has 1 N–H and O–H groups in total. The molecule has 7 heteroatoms. The van der Waals surface area contributed by atoms with Gasteiger partial charge < -0.3 is 10.1 Å². The number of nitrogens with zero attached hydrogens (tertiary/aromatic N) is 2. The van der Waals surface area contributed by atoms with Crippen LogP contribution >= 0.6 is 11.3 Å². The van der Waals surface area contributed by atoms with Gasteiger partial charge in [-0.25, -0.2) is 0 Å². The predicted molar refractivity (Wildman–Crippen MR) is 136 cm³/mol. The van der Waals surface area contributed by atoms with Gasteiger partial charge in [-0.05, 0) is 60.5 Å². The van der Waals surface area contributed by atoms with Crippen LogP contribution in [0.1, 0.15) is 41.7 Å². The maximum Gasteiger partial charge on any atom is 0.309 e. The molecule has 0 unspecified atom stereocenters. The van der Waals surface area contributed by atoms with Gasteiger partial charge in [-0.15, -0.1) is 11.3 Å². The number of carbonyl (C=O) groups excluding carboxylic acids is 2. The molecule has 0 aliphatic carbocycles. The molecule has 0 aliphatic heterocycles. The Morgan fingerprint density at radius 3 is 2.35 bits per heavy atom. The average molecular weight is 474 g/mol. The summed E-state index contributed by atoms with van der Waals surface area (Å²) >= 11 is 1.40. The van der Waals surface area contributed by atoms with Crippen LogP contribution in [0.3, 0.4) is 0 Å². The summed E-state index contributed by atoms with van der Waals surface area (Å²) in [7, 11) is 0. The van der Waals surface area contributed by atoms with Gasteiger partial charge in [0.25, 0.3) is 5.91 Å². The fraction of sp³-hybridized carbons (Fsp3) is 0.222. The van der Waals surface area contributed by atoms with Gasteiger partial charge in [0.2, 0.25) is 5.88 Å². The lowest BCUT2D eigenvalue weighted by atomic mass is 9.99. The number of ether oxygens (including phenoxy) is 1. The van der Waals surface area contributed by atoms with Crippen LogP contribution in [0.4, 0.5) is 5.69 Å². The Balaban J connectivity index is 1.76. The van der Waals surface area contributed by atoms with Crippen LogP contribution in [0, 0.1) is 12.8 Å². The van der Waals surface area contributed by atoms with Crippen molar-refractivity contribution in [1.82, 2.24) is 9.78 Å². The van der Waals surface area contributed by atoms with E-state index in [0.29, 0.717) is 22.4 Å². The van der Waals surface area contributed by atoms with E-state index in [1.54, 1.807) is 10.7 Å². The van der Waals surface area contributed by atoms with Gasteiger partial charge in [-0.3, -0.25) is 9.59 Å². The maximum absolute atomic E-state index is 12.4. The molecule has 6 nitrogen and oxygen atoms in total. The lowest BCUT2D eigenvalue weighted by molar-refractivity contribution is -0.132. The molecule has 4 aromatic rings. The number of anilines is 1. The van der Waals surface area contributed by atoms with Crippen LogP contribution in [-0.2, 0) is 11.2 Å². The third-order valence-electron chi connectivity index (χ3n) is 5.21. The Morgan fingerprint density at radius 1 is 1.06 bits per heavy atom. The molecule has 2 aromatic heterocycles. The Morgan fingerprint density at radius 2 is 1.76 bits per heavy atom. The maximum atomic E-state index is 12.4. The van der Waals surface area contributed by atoms with Gasteiger partial charge in [-0.1, -0.05) is 49.7 Å². The number of carbonyl (C=O) groups is 2. The monoisotopic (exact) mass is 473 g/mol. The molecule has 0 spiro atoms. The Bertz CT molecular complexity index is 1290. The Hall–Kier alpha value is -3.71. The molecule has 34 heavy (non-hydrogen) atoms. The third-order valence-corrected chi connectivity index (χ3v) is 6.08. The van der Waals surface area contributed by atoms with Crippen LogP contribution in [0.15, 0.2) is 66.0 Å². The van der Waals surface area contributed by atoms with E-state index in [-0.39, 0.29) is 5.91 Å². The van der Waals surface area contributed by atoms with Gasteiger partial charge in [0.1, 0.15) is 0 Å². The van der Waals surface area contributed by atoms with E-state index < -0.39 is 5.97 Å². The number of nitrogens with one attached hydrogen (secondary N) is 1. The SMILES string of the molecule is CC(=O)Oc1c(-c2ccc(NC(=O)c3cccs3)cc2)c(CC(C)C)nn1-c1ccc(C)cc1. The zero-order valence-corrected chi connectivity index (χ0v) is 20.5. The van der Waals surface area contributed by atoms with Crippen LogP contribution in [0.5, 0.6) is 5.88 Å².